The summed E-state index contributed by atoms with van der Waals surface area (Å²) in [4.78, 5) is 20.3. The summed E-state index contributed by atoms with van der Waals surface area (Å²) in [6, 6.07) is 6.85. The molecule has 0 radical (unpaired) electrons. The molecule has 0 aliphatic carbocycles. The average Bonchev–Trinajstić information content (AvgIpc) is 2.64. The highest BCUT2D eigenvalue weighted by molar-refractivity contribution is 5.90. The number of hydrogen-bond acceptors (Lipinski definition) is 3. The molecule has 0 bridgehead atoms. The first kappa shape index (κ1) is 20.3. The largest absolute Gasteiger partial charge is 0.357 e. The van der Waals surface area contributed by atoms with Gasteiger partial charge in [-0.25, -0.2) is 18.8 Å². The summed E-state index contributed by atoms with van der Waals surface area (Å²) < 4.78 is 26.9. The van der Waals surface area contributed by atoms with Gasteiger partial charge in [0.15, 0.2) is 5.96 Å². The molecule has 1 heterocycles. The number of aromatic nitrogens is 1. The third-order valence-corrected chi connectivity index (χ3v) is 3.58. The van der Waals surface area contributed by atoms with Crippen LogP contribution in [0.3, 0.4) is 0 Å². The Balaban J connectivity index is 1.85. The standard InChI is InChI=1S/C19H23F2N5O/c1-3-22-19(25-12-14-10-15(20)5-6-16(14)21)23-9-8-18(27)26-17-7-4-13(2)11-24-17/h4-7,10-11H,3,8-9,12H2,1-2H3,(H2,22,23,25)(H,24,26,27). The zero-order chi connectivity index (χ0) is 19.6. The molecule has 2 rings (SSSR count). The highest BCUT2D eigenvalue weighted by Gasteiger charge is 2.06. The molecule has 0 saturated heterocycles. The molecule has 0 unspecified atom stereocenters. The van der Waals surface area contributed by atoms with Gasteiger partial charge in [0.05, 0.1) is 6.54 Å². The summed E-state index contributed by atoms with van der Waals surface area (Å²) in [6.07, 6.45) is 1.88. The first-order chi connectivity index (χ1) is 13.0. The zero-order valence-electron chi connectivity index (χ0n) is 15.4. The molecular weight excluding hydrogens is 352 g/mol. The number of rotatable bonds is 7. The van der Waals surface area contributed by atoms with Crippen molar-refractivity contribution in [1.82, 2.24) is 15.6 Å². The Morgan fingerprint density at radius 1 is 1.19 bits per heavy atom. The molecule has 0 aliphatic heterocycles. The minimum Gasteiger partial charge on any atom is -0.357 e. The maximum atomic E-state index is 13.7. The van der Waals surface area contributed by atoms with Gasteiger partial charge in [0.1, 0.15) is 17.5 Å². The second-order valence-electron chi connectivity index (χ2n) is 5.88. The summed E-state index contributed by atoms with van der Waals surface area (Å²) in [5, 5.41) is 8.69. The van der Waals surface area contributed by atoms with E-state index in [0.717, 1.165) is 23.8 Å². The van der Waals surface area contributed by atoms with Crippen molar-refractivity contribution in [3.63, 3.8) is 0 Å². The highest BCUT2D eigenvalue weighted by atomic mass is 19.1. The van der Waals surface area contributed by atoms with E-state index in [4.69, 9.17) is 0 Å². The molecule has 144 valence electrons. The van der Waals surface area contributed by atoms with Gasteiger partial charge in [0, 0.05) is 31.3 Å². The number of carbonyl (C=O) groups is 1. The lowest BCUT2D eigenvalue weighted by atomic mass is 10.2. The first-order valence-corrected chi connectivity index (χ1v) is 8.66. The number of benzene rings is 1. The van der Waals surface area contributed by atoms with E-state index in [2.05, 4.69) is 25.9 Å². The van der Waals surface area contributed by atoms with Crippen molar-refractivity contribution in [2.24, 2.45) is 4.99 Å². The fourth-order valence-corrected chi connectivity index (χ4v) is 2.21. The normalized spacial score (nSPS) is 11.2. The van der Waals surface area contributed by atoms with Crippen LogP contribution in [0.25, 0.3) is 0 Å². The zero-order valence-corrected chi connectivity index (χ0v) is 15.4. The molecule has 6 nitrogen and oxygen atoms in total. The number of guanidine groups is 1. The number of amides is 1. The van der Waals surface area contributed by atoms with E-state index in [1.54, 1.807) is 12.3 Å². The number of aryl methyl sites for hydroxylation is 1. The summed E-state index contributed by atoms with van der Waals surface area (Å²) in [5.74, 6) is -0.303. The second-order valence-corrected chi connectivity index (χ2v) is 5.88. The minimum absolute atomic E-state index is 0.0155. The van der Waals surface area contributed by atoms with Gasteiger partial charge in [0.2, 0.25) is 5.91 Å². The van der Waals surface area contributed by atoms with E-state index < -0.39 is 11.6 Å². The van der Waals surface area contributed by atoms with Gasteiger partial charge >= 0.3 is 0 Å². The lowest BCUT2D eigenvalue weighted by molar-refractivity contribution is -0.116. The number of aliphatic imine (C=N–C) groups is 1. The molecule has 8 heteroatoms. The third kappa shape index (κ3) is 7.01. The Morgan fingerprint density at radius 3 is 2.70 bits per heavy atom. The van der Waals surface area contributed by atoms with Gasteiger partial charge in [-0.2, -0.15) is 0 Å². The molecule has 27 heavy (non-hydrogen) atoms. The molecule has 2 aromatic rings. The molecule has 0 saturated carbocycles. The van der Waals surface area contributed by atoms with Crippen molar-refractivity contribution in [2.75, 3.05) is 18.4 Å². The predicted octanol–water partition coefficient (Wildman–Crippen LogP) is 2.75. The molecule has 0 fully saturated rings. The van der Waals surface area contributed by atoms with Gasteiger partial charge in [0.25, 0.3) is 0 Å². The molecule has 1 aromatic carbocycles. The van der Waals surface area contributed by atoms with Crippen molar-refractivity contribution in [2.45, 2.75) is 26.8 Å². The smallest absolute Gasteiger partial charge is 0.227 e. The summed E-state index contributed by atoms with van der Waals surface area (Å²) in [6.45, 7) is 4.71. The van der Waals surface area contributed by atoms with Crippen LogP contribution >= 0.6 is 0 Å². The van der Waals surface area contributed by atoms with Crippen molar-refractivity contribution < 1.29 is 13.6 Å². The van der Waals surface area contributed by atoms with Crippen molar-refractivity contribution in [3.8, 4) is 0 Å². The van der Waals surface area contributed by atoms with E-state index in [-0.39, 0.29) is 24.4 Å². The molecule has 3 N–H and O–H groups in total. The molecular formula is C19H23F2N5O. The Labute approximate surface area is 157 Å². The molecule has 0 atom stereocenters. The molecule has 1 aromatic heterocycles. The Bertz CT molecular complexity index is 793. The lowest BCUT2D eigenvalue weighted by Gasteiger charge is -2.11. The van der Waals surface area contributed by atoms with Gasteiger partial charge in [-0.05, 0) is 43.7 Å². The Hall–Kier alpha value is -3.03. The van der Waals surface area contributed by atoms with Crippen LogP contribution in [-0.4, -0.2) is 29.9 Å². The van der Waals surface area contributed by atoms with Crippen LogP contribution in [0.4, 0.5) is 14.6 Å². The van der Waals surface area contributed by atoms with Crippen molar-refractivity contribution in [3.05, 3.63) is 59.3 Å². The van der Waals surface area contributed by atoms with Crippen LogP contribution < -0.4 is 16.0 Å². The molecule has 0 spiro atoms. The summed E-state index contributed by atoms with van der Waals surface area (Å²) in [5.41, 5.74) is 1.17. The number of hydrogen-bond donors (Lipinski definition) is 3. The van der Waals surface area contributed by atoms with Gasteiger partial charge in [-0.3, -0.25) is 4.79 Å². The molecule has 0 aliphatic rings. The van der Waals surface area contributed by atoms with Crippen LogP contribution in [0.1, 0.15) is 24.5 Å². The quantitative estimate of drug-likeness (QED) is 0.514. The van der Waals surface area contributed by atoms with Crippen LogP contribution in [-0.2, 0) is 11.3 Å². The van der Waals surface area contributed by atoms with E-state index in [0.29, 0.717) is 24.9 Å². The number of halogens is 2. The predicted molar refractivity (Wildman–Crippen MR) is 101 cm³/mol. The average molecular weight is 375 g/mol. The number of nitrogens with one attached hydrogen (secondary N) is 3. The number of carbonyl (C=O) groups excluding carboxylic acids is 1. The number of anilines is 1. The van der Waals surface area contributed by atoms with Crippen LogP contribution in [0.15, 0.2) is 41.5 Å². The van der Waals surface area contributed by atoms with Crippen molar-refractivity contribution >= 4 is 17.7 Å². The minimum atomic E-state index is -0.513. The maximum absolute atomic E-state index is 13.7. The Morgan fingerprint density at radius 2 is 2.00 bits per heavy atom. The van der Waals surface area contributed by atoms with E-state index in [1.165, 1.54) is 0 Å². The van der Waals surface area contributed by atoms with Gasteiger partial charge in [-0.1, -0.05) is 6.07 Å². The fourth-order valence-electron chi connectivity index (χ4n) is 2.21. The Kier molecular flexibility index (Phi) is 7.66. The summed E-state index contributed by atoms with van der Waals surface area (Å²) >= 11 is 0. The van der Waals surface area contributed by atoms with E-state index in [1.807, 2.05) is 19.9 Å². The van der Waals surface area contributed by atoms with Gasteiger partial charge < -0.3 is 16.0 Å². The summed E-state index contributed by atoms with van der Waals surface area (Å²) in [7, 11) is 0. The molecule has 1 amide bonds. The fraction of sp³-hybridized carbons (Fsp3) is 0.316. The van der Waals surface area contributed by atoms with E-state index in [9.17, 15) is 13.6 Å². The SMILES string of the molecule is CCNC(=NCc1cc(F)ccc1F)NCCC(=O)Nc1ccc(C)cn1. The monoisotopic (exact) mass is 375 g/mol. The topological polar surface area (TPSA) is 78.4 Å². The van der Waals surface area contributed by atoms with E-state index >= 15 is 0 Å². The third-order valence-electron chi connectivity index (χ3n) is 3.58. The second kappa shape index (κ2) is 10.2. The van der Waals surface area contributed by atoms with Crippen molar-refractivity contribution in [1.29, 1.82) is 0 Å². The van der Waals surface area contributed by atoms with Crippen LogP contribution in [0, 0.1) is 18.6 Å². The highest BCUT2D eigenvalue weighted by Crippen LogP contribution is 2.10. The lowest BCUT2D eigenvalue weighted by Crippen LogP contribution is -2.38. The van der Waals surface area contributed by atoms with Crippen LogP contribution in [0.2, 0.25) is 0 Å². The first-order valence-electron chi connectivity index (χ1n) is 8.66. The van der Waals surface area contributed by atoms with Crippen LogP contribution in [0.5, 0.6) is 0 Å². The number of pyridine rings is 1. The maximum Gasteiger partial charge on any atom is 0.227 e. The van der Waals surface area contributed by atoms with Gasteiger partial charge in [-0.15, -0.1) is 0 Å². The number of nitrogens with zero attached hydrogens (tertiary/aromatic N) is 2.